The lowest BCUT2D eigenvalue weighted by molar-refractivity contribution is 0.0666. The Morgan fingerprint density at radius 3 is 2.00 bits per heavy atom. The molecule has 0 spiro atoms. The van der Waals surface area contributed by atoms with Crippen molar-refractivity contribution in [2.75, 3.05) is 21.3 Å². The number of aliphatic hydroxyl groups is 1. The minimum absolute atomic E-state index is 0.480. The van der Waals surface area contributed by atoms with Gasteiger partial charge in [0, 0.05) is 0 Å². The molecule has 0 aromatic heterocycles. The monoisotopic (exact) mass is 291 g/mol. The first-order chi connectivity index (χ1) is 10.1. The number of benzene rings is 1. The maximum absolute atomic E-state index is 10.7. The van der Waals surface area contributed by atoms with Crippen LogP contribution in [0.3, 0.4) is 0 Å². The fraction of sp³-hybridized carbons (Fsp3) is 0.562. The van der Waals surface area contributed by atoms with Gasteiger partial charge in [-0.2, -0.15) is 5.26 Å². The van der Waals surface area contributed by atoms with Crippen molar-refractivity contribution in [2.45, 2.75) is 31.8 Å². The average Bonchev–Trinajstić information content (AvgIpc) is 3.02. The van der Waals surface area contributed by atoms with Crippen molar-refractivity contribution in [1.29, 1.82) is 5.26 Å². The van der Waals surface area contributed by atoms with Crippen molar-refractivity contribution in [3.05, 3.63) is 17.7 Å². The van der Waals surface area contributed by atoms with Crippen LogP contribution in [0.2, 0.25) is 0 Å². The highest BCUT2D eigenvalue weighted by Gasteiger charge is 2.42. The molecule has 114 valence electrons. The Morgan fingerprint density at radius 2 is 1.62 bits per heavy atom. The molecule has 1 fully saturated rings. The van der Waals surface area contributed by atoms with Crippen LogP contribution >= 0.6 is 0 Å². The number of rotatable bonds is 5. The first kappa shape index (κ1) is 15.5. The van der Waals surface area contributed by atoms with E-state index in [1.165, 1.54) is 21.3 Å². The zero-order chi connectivity index (χ0) is 15.5. The average molecular weight is 291 g/mol. The highest BCUT2D eigenvalue weighted by Crippen LogP contribution is 2.49. The molecule has 1 atom stereocenters. The number of hydrogen-bond donors (Lipinski definition) is 1. The summed E-state index contributed by atoms with van der Waals surface area (Å²) in [6, 6.07) is 5.74. The van der Waals surface area contributed by atoms with E-state index < -0.39 is 11.5 Å². The maximum Gasteiger partial charge on any atom is 0.203 e. The van der Waals surface area contributed by atoms with Gasteiger partial charge < -0.3 is 19.3 Å². The summed E-state index contributed by atoms with van der Waals surface area (Å²) in [5, 5.41) is 20.2. The first-order valence-corrected chi connectivity index (χ1v) is 7.01. The number of hydrogen-bond acceptors (Lipinski definition) is 5. The van der Waals surface area contributed by atoms with Gasteiger partial charge >= 0.3 is 0 Å². The third kappa shape index (κ3) is 2.64. The van der Waals surface area contributed by atoms with E-state index in [1.807, 2.05) is 0 Å². The number of aliphatic hydroxyl groups excluding tert-OH is 1. The van der Waals surface area contributed by atoms with Gasteiger partial charge in [0.25, 0.3) is 0 Å². The first-order valence-electron chi connectivity index (χ1n) is 7.01. The van der Waals surface area contributed by atoms with Crippen LogP contribution in [0.1, 0.15) is 37.4 Å². The van der Waals surface area contributed by atoms with E-state index in [0.29, 0.717) is 35.7 Å². The van der Waals surface area contributed by atoms with Gasteiger partial charge in [0.2, 0.25) is 5.75 Å². The summed E-state index contributed by atoms with van der Waals surface area (Å²) in [5.74, 6) is 1.45. The van der Waals surface area contributed by atoms with E-state index in [4.69, 9.17) is 14.2 Å². The van der Waals surface area contributed by atoms with Gasteiger partial charge in [-0.1, -0.05) is 12.8 Å². The van der Waals surface area contributed by atoms with Crippen LogP contribution in [0.5, 0.6) is 17.2 Å². The second-order valence-electron chi connectivity index (χ2n) is 5.34. The molecule has 1 unspecified atom stereocenters. The minimum Gasteiger partial charge on any atom is -0.493 e. The molecule has 5 nitrogen and oxygen atoms in total. The maximum atomic E-state index is 10.7. The van der Waals surface area contributed by atoms with Crippen LogP contribution in [-0.2, 0) is 0 Å². The van der Waals surface area contributed by atoms with Crippen LogP contribution < -0.4 is 14.2 Å². The number of methoxy groups -OCH3 is 3. The largest absolute Gasteiger partial charge is 0.493 e. The summed E-state index contributed by atoms with van der Waals surface area (Å²) < 4.78 is 15.9. The molecule has 1 aliphatic rings. The Bertz CT molecular complexity index is 519. The third-order valence-corrected chi connectivity index (χ3v) is 4.24. The Labute approximate surface area is 125 Å². The molecule has 0 heterocycles. The molecule has 5 heteroatoms. The summed E-state index contributed by atoms with van der Waals surface area (Å²) >= 11 is 0. The van der Waals surface area contributed by atoms with Crippen LogP contribution in [-0.4, -0.2) is 26.4 Å². The van der Waals surface area contributed by atoms with Crippen molar-refractivity contribution in [2.24, 2.45) is 5.41 Å². The highest BCUT2D eigenvalue weighted by molar-refractivity contribution is 5.54. The van der Waals surface area contributed by atoms with Crippen molar-refractivity contribution < 1.29 is 19.3 Å². The summed E-state index contributed by atoms with van der Waals surface area (Å²) in [5.41, 5.74) is -0.0992. The summed E-state index contributed by atoms with van der Waals surface area (Å²) in [7, 11) is 4.59. The molecule has 1 aliphatic carbocycles. The van der Waals surface area contributed by atoms with E-state index in [1.54, 1.807) is 12.1 Å². The Balaban J connectivity index is 2.46. The molecular weight excluding hydrogens is 270 g/mol. The molecule has 1 N–H and O–H groups in total. The van der Waals surface area contributed by atoms with E-state index in [-0.39, 0.29) is 0 Å². The van der Waals surface area contributed by atoms with Gasteiger partial charge in [0.05, 0.1) is 38.9 Å². The molecule has 21 heavy (non-hydrogen) atoms. The SMILES string of the molecule is COc1cc(C(O)C2(C#N)CCCC2)cc(OC)c1OC. The van der Waals surface area contributed by atoms with Crippen molar-refractivity contribution in [3.8, 4) is 23.3 Å². The van der Waals surface area contributed by atoms with Gasteiger partial charge in [0.15, 0.2) is 11.5 Å². The zero-order valence-electron chi connectivity index (χ0n) is 12.7. The molecule has 0 amide bonds. The van der Waals surface area contributed by atoms with Gasteiger partial charge in [-0.3, -0.25) is 0 Å². The molecule has 1 aromatic rings. The topological polar surface area (TPSA) is 71.7 Å². The zero-order valence-corrected chi connectivity index (χ0v) is 12.7. The van der Waals surface area contributed by atoms with E-state index >= 15 is 0 Å². The summed E-state index contributed by atoms with van der Waals surface area (Å²) in [4.78, 5) is 0. The Hall–Kier alpha value is -1.93. The standard InChI is InChI=1S/C16H21NO4/c1-19-12-8-11(9-13(20-2)14(12)21-3)15(18)16(10-17)6-4-5-7-16/h8-9,15,18H,4-7H2,1-3H3. The van der Waals surface area contributed by atoms with Gasteiger partial charge in [0.1, 0.15) is 0 Å². The lowest BCUT2D eigenvalue weighted by atomic mass is 9.78. The fourth-order valence-electron chi connectivity index (χ4n) is 3.03. The highest BCUT2D eigenvalue weighted by atomic mass is 16.5. The molecule has 0 saturated heterocycles. The number of nitriles is 1. The van der Waals surface area contributed by atoms with Crippen molar-refractivity contribution >= 4 is 0 Å². The number of nitrogens with zero attached hydrogens (tertiary/aromatic N) is 1. The lowest BCUT2D eigenvalue weighted by Gasteiger charge is -2.28. The normalized spacial score (nSPS) is 17.9. The summed E-state index contributed by atoms with van der Waals surface area (Å²) in [6.45, 7) is 0. The number of ether oxygens (including phenoxy) is 3. The van der Waals surface area contributed by atoms with Crippen LogP contribution in [0.15, 0.2) is 12.1 Å². The second kappa shape index (κ2) is 6.23. The molecule has 1 aromatic carbocycles. The molecular formula is C16H21NO4. The fourth-order valence-corrected chi connectivity index (χ4v) is 3.03. The van der Waals surface area contributed by atoms with Gasteiger partial charge in [-0.05, 0) is 30.5 Å². The predicted molar refractivity (Wildman–Crippen MR) is 77.6 cm³/mol. The quantitative estimate of drug-likeness (QED) is 0.903. The van der Waals surface area contributed by atoms with E-state index in [0.717, 1.165) is 12.8 Å². The predicted octanol–water partition coefficient (Wildman–Crippen LogP) is 2.83. The van der Waals surface area contributed by atoms with Crippen molar-refractivity contribution in [1.82, 2.24) is 0 Å². The van der Waals surface area contributed by atoms with Gasteiger partial charge in [-0.15, -0.1) is 0 Å². The van der Waals surface area contributed by atoms with Crippen LogP contribution in [0.4, 0.5) is 0 Å². The smallest absolute Gasteiger partial charge is 0.203 e. The molecule has 0 bridgehead atoms. The van der Waals surface area contributed by atoms with Crippen LogP contribution in [0.25, 0.3) is 0 Å². The van der Waals surface area contributed by atoms with Crippen LogP contribution in [0, 0.1) is 16.7 Å². The molecule has 1 saturated carbocycles. The Kier molecular flexibility index (Phi) is 4.59. The molecule has 0 aliphatic heterocycles. The Morgan fingerprint density at radius 1 is 1.10 bits per heavy atom. The van der Waals surface area contributed by atoms with Gasteiger partial charge in [-0.25, -0.2) is 0 Å². The van der Waals surface area contributed by atoms with E-state index in [9.17, 15) is 10.4 Å². The second-order valence-corrected chi connectivity index (χ2v) is 5.34. The molecule has 2 rings (SSSR count). The lowest BCUT2D eigenvalue weighted by Crippen LogP contribution is -2.24. The molecule has 0 radical (unpaired) electrons. The van der Waals surface area contributed by atoms with Crippen molar-refractivity contribution in [3.63, 3.8) is 0 Å². The third-order valence-electron chi connectivity index (χ3n) is 4.24. The minimum atomic E-state index is -0.862. The van der Waals surface area contributed by atoms with E-state index in [2.05, 4.69) is 6.07 Å². The summed E-state index contributed by atoms with van der Waals surface area (Å²) in [6.07, 6.45) is 2.49.